The molecule has 6 heteroatoms. The minimum absolute atomic E-state index is 0.124. The van der Waals surface area contributed by atoms with E-state index in [0.29, 0.717) is 5.56 Å². The van der Waals surface area contributed by atoms with Crippen molar-refractivity contribution in [2.24, 2.45) is 5.73 Å². The highest BCUT2D eigenvalue weighted by Gasteiger charge is 2.24. The summed E-state index contributed by atoms with van der Waals surface area (Å²) in [6, 6.07) is 2.93. The Labute approximate surface area is 86.0 Å². The van der Waals surface area contributed by atoms with E-state index in [1.165, 1.54) is 18.3 Å². The van der Waals surface area contributed by atoms with Crippen molar-refractivity contribution in [2.75, 3.05) is 0 Å². The van der Waals surface area contributed by atoms with Crippen LogP contribution in [-0.2, 0) is 11.4 Å². The van der Waals surface area contributed by atoms with Gasteiger partial charge in [-0.2, -0.15) is 0 Å². The number of nitrogens with two attached hydrogens (primary N) is 1. The fraction of sp³-hybridized carbons (Fsp3) is 0.333. The molecular weight excluding hydrogens is 200 g/mol. The third-order valence-corrected chi connectivity index (χ3v) is 1.92. The van der Waals surface area contributed by atoms with Gasteiger partial charge in [-0.15, -0.1) is 0 Å². The summed E-state index contributed by atoms with van der Waals surface area (Å²) in [6.07, 6.45) is -1.79. The van der Waals surface area contributed by atoms with Gasteiger partial charge in [-0.05, 0) is 11.6 Å². The predicted molar refractivity (Wildman–Crippen MR) is 50.3 cm³/mol. The van der Waals surface area contributed by atoms with Crippen LogP contribution in [0.4, 0.5) is 0 Å². The van der Waals surface area contributed by atoms with E-state index in [9.17, 15) is 9.90 Å². The van der Waals surface area contributed by atoms with E-state index in [1.54, 1.807) is 0 Å². The summed E-state index contributed by atoms with van der Waals surface area (Å²) in [5.74, 6) is -1.02. The molecule has 0 aromatic carbocycles. The Morgan fingerprint density at radius 2 is 2.13 bits per heavy atom. The first kappa shape index (κ1) is 11.6. The molecular formula is C9H12N2O4. The lowest BCUT2D eigenvalue weighted by Crippen LogP contribution is -2.34. The van der Waals surface area contributed by atoms with Crippen molar-refractivity contribution in [1.82, 2.24) is 4.98 Å². The molecule has 82 valence electrons. The Balaban J connectivity index is 2.82. The fourth-order valence-electron chi connectivity index (χ4n) is 1.02. The lowest BCUT2D eigenvalue weighted by molar-refractivity contribution is -0.132. The molecule has 15 heavy (non-hydrogen) atoms. The number of carbonyl (C=O) groups is 1. The summed E-state index contributed by atoms with van der Waals surface area (Å²) >= 11 is 0. The third-order valence-electron chi connectivity index (χ3n) is 1.92. The van der Waals surface area contributed by atoms with E-state index in [-0.39, 0.29) is 12.3 Å². The molecule has 1 aromatic rings. The van der Waals surface area contributed by atoms with Gasteiger partial charge in [0.2, 0.25) is 5.91 Å². The average Bonchev–Trinajstić information content (AvgIpc) is 2.27. The van der Waals surface area contributed by atoms with Gasteiger partial charge >= 0.3 is 0 Å². The SMILES string of the molecule is NC(=O)C(O)C(O)c1ccc(CO)cn1. The van der Waals surface area contributed by atoms with Crippen LogP contribution in [0.2, 0.25) is 0 Å². The van der Waals surface area contributed by atoms with Crippen LogP contribution < -0.4 is 5.73 Å². The molecule has 1 rings (SSSR count). The summed E-state index contributed by atoms with van der Waals surface area (Å²) in [7, 11) is 0. The second kappa shape index (κ2) is 4.83. The molecule has 6 nitrogen and oxygen atoms in total. The highest BCUT2D eigenvalue weighted by atomic mass is 16.3. The van der Waals surface area contributed by atoms with Crippen molar-refractivity contribution >= 4 is 5.91 Å². The van der Waals surface area contributed by atoms with Crippen molar-refractivity contribution < 1.29 is 20.1 Å². The zero-order valence-corrected chi connectivity index (χ0v) is 7.87. The van der Waals surface area contributed by atoms with Gasteiger partial charge < -0.3 is 21.1 Å². The molecule has 0 aliphatic rings. The van der Waals surface area contributed by atoms with Crippen LogP contribution in [0.5, 0.6) is 0 Å². The highest BCUT2D eigenvalue weighted by Crippen LogP contribution is 2.14. The van der Waals surface area contributed by atoms with Gasteiger partial charge in [-0.25, -0.2) is 0 Å². The van der Waals surface area contributed by atoms with Gasteiger partial charge in [0, 0.05) is 6.20 Å². The van der Waals surface area contributed by atoms with Gasteiger partial charge in [-0.3, -0.25) is 9.78 Å². The molecule has 0 fully saturated rings. The van der Waals surface area contributed by atoms with E-state index in [0.717, 1.165) is 0 Å². The first-order valence-electron chi connectivity index (χ1n) is 4.27. The van der Waals surface area contributed by atoms with E-state index in [2.05, 4.69) is 4.98 Å². The van der Waals surface area contributed by atoms with E-state index >= 15 is 0 Å². The number of aliphatic hydroxyl groups is 3. The molecule has 0 aliphatic carbocycles. The number of rotatable bonds is 4. The van der Waals surface area contributed by atoms with Gasteiger partial charge in [-0.1, -0.05) is 6.07 Å². The monoisotopic (exact) mass is 212 g/mol. The Hall–Kier alpha value is -1.50. The van der Waals surface area contributed by atoms with Gasteiger partial charge in [0.25, 0.3) is 0 Å². The molecule has 2 atom stereocenters. The van der Waals surface area contributed by atoms with E-state index < -0.39 is 18.1 Å². The zero-order valence-electron chi connectivity index (χ0n) is 7.87. The van der Waals surface area contributed by atoms with Gasteiger partial charge in [0.05, 0.1) is 12.3 Å². The predicted octanol–water partition coefficient (Wildman–Crippen LogP) is -1.55. The largest absolute Gasteiger partial charge is 0.392 e. The van der Waals surface area contributed by atoms with Crippen LogP contribution in [-0.4, -0.2) is 32.3 Å². The van der Waals surface area contributed by atoms with Crippen LogP contribution in [0.1, 0.15) is 17.4 Å². The molecule has 0 bridgehead atoms. The average molecular weight is 212 g/mol. The standard InChI is InChI=1S/C9H12N2O4/c10-9(15)8(14)7(13)6-2-1-5(4-12)3-11-6/h1-3,7-8,12-14H,4H2,(H2,10,15). The number of aliphatic hydroxyl groups excluding tert-OH is 3. The summed E-state index contributed by atoms with van der Waals surface area (Å²) in [6.45, 7) is -0.165. The van der Waals surface area contributed by atoms with Crippen LogP contribution in [0.25, 0.3) is 0 Å². The molecule has 5 N–H and O–H groups in total. The number of carbonyl (C=O) groups excluding carboxylic acids is 1. The van der Waals surface area contributed by atoms with Crippen LogP contribution >= 0.6 is 0 Å². The molecule has 0 saturated heterocycles. The molecule has 1 aromatic heterocycles. The lowest BCUT2D eigenvalue weighted by Gasteiger charge is -2.14. The molecule has 2 unspecified atom stereocenters. The maximum atomic E-state index is 10.6. The summed E-state index contributed by atoms with van der Waals surface area (Å²) in [5.41, 5.74) is 5.51. The number of nitrogens with zero attached hydrogens (tertiary/aromatic N) is 1. The molecule has 1 amide bonds. The van der Waals surface area contributed by atoms with E-state index in [4.69, 9.17) is 15.9 Å². The lowest BCUT2D eigenvalue weighted by atomic mass is 10.1. The molecule has 0 spiro atoms. The number of pyridine rings is 1. The van der Waals surface area contributed by atoms with Gasteiger partial charge in [0.15, 0.2) is 6.10 Å². The quantitative estimate of drug-likeness (QED) is 0.482. The maximum absolute atomic E-state index is 10.6. The van der Waals surface area contributed by atoms with Crippen molar-refractivity contribution in [3.05, 3.63) is 29.6 Å². The smallest absolute Gasteiger partial charge is 0.249 e. The van der Waals surface area contributed by atoms with Crippen LogP contribution in [0, 0.1) is 0 Å². The van der Waals surface area contributed by atoms with Crippen LogP contribution in [0.3, 0.4) is 0 Å². The maximum Gasteiger partial charge on any atom is 0.249 e. The van der Waals surface area contributed by atoms with Gasteiger partial charge in [0.1, 0.15) is 6.10 Å². The van der Waals surface area contributed by atoms with Crippen molar-refractivity contribution in [2.45, 2.75) is 18.8 Å². The Morgan fingerprint density at radius 3 is 2.53 bits per heavy atom. The summed E-state index contributed by atoms with van der Waals surface area (Å²) < 4.78 is 0. The van der Waals surface area contributed by atoms with E-state index in [1.807, 2.05) is 0 Å². The molecule has 0 saturated carbocycles. The Kier molecular flexibility index (Phi) is 3.73. The van der Waals surface area contributed by atoms with Crippen molar-refractivity contribution in [3.63, 3.8) is 0 Å². The number of aromatic nitrogens is 1. The number of hydrogen-bond donors (Lipinski definition) is 4. The molecule has 0 radical (unpaired) electrons. The topological polar surface area (TPSA) is 117 Å². The summed E-state index contributed by atoms with van der Waals surface area (Å²) in [5, 5.41) is 27.3. The minimum atomic E-state index is -1.68. The highest BCUT2D eigenvalue weighted by molar-refractivity contribution is 5.79. The first-order valence-corrected chi connectivity index (χ1v) is 4.27. The molecule has 1 heterocycles. The third kappa shape index (κ3) is 2.72. The van der Waals surface area contributed by atoms with Crippen molar-refractivity contribution in [3.8, 4) is 0 Å². The van der Waals surface area contributed by atoms with Crippen LogP contribution in [0.15, 0.2) is 18.3 Å². The zero-order chi connectivity index (χ0) is 11.4. The second-order valence-corrected chi connectivity index (χ2v) is 3.04. The van der Waals surface area contributed by atoms with Crippen molar-refractivity contribution in [1.29, 1.82) is 0 Å². The first-order chi connectivity index (χ1) is 7.06. The normalized spacial score (nSPS) is 14.6. The summed E-state index contributed by atoms with van der Waals surface area (Å²) in [4.78, 5) is 14.4. The number of amides is 1. The second-order valence-electron chi connectivity index (χ2n) is 3.04. The molecule has 0 aliphatic heterocycles. The number of primary amides is 1. The fourth-order valence-corrected chi connectivity index (χ4v) is 1.02. The minimum Gasteiger partial charge on any atom is -0.392 e. The number of hydrogen-bond acceptors (Lipinski definition) is 5. The Bertz CT molecular complexity index is 338. The Morgan fingerprint density at radius 1 is 1.47 bits per heavy atom.